The number of hydrogen-bond acceptors (Lipinski definition) is 4. The maximum Gasteiger partial charge on any atom is 0.187 e. The number of hydrogen-bond donors (Lipinski definition) is 1. The Morgan fingerprint density at radius 3 is 1.56 bits per heavy atom. The van der Waals surface area contributed by atoms with Gasteiger partial charge in [-0.15, -0.1) is 0 Å². The van der Waals surface area contributed by atoms with E-state index in [1.54, 1.807) is 48.5 Å². The lowest BCUT2D eigenvalue weighted by Gasteiger charge is -2.18. The molecule has 0 aliphatic carbocycles. The first-order valence-electron chi connectivity index (χ1n) is 8.16. The first kappa shape index (κ1) is 18.0. The quantitative estimate of drug-likeness (QED) is 0.349. The van der Waals surface area contributed by atoms with E-state index in [0.29, 0.717) is 35.6 Å². The Balaban J connectivity index is 1.82. The molecule has 2 aromatic rings. The zero-order valence-corrected chi connectivity index (χ0v) is 14.3. The van der Waals surface area contributed by atoms with E-state index in [1.807, 2.05) is 12.2 Å². The van der Waals surface area contributed by atoms with E-state index >= 15 is 0 Å². The van der Waals surface area contributed by atoms with Gasteiger partial charge in [0.05, 0.1) is 0 Å². The minimum absolute atomic E-state index is 0.00741. The van der Waals surface area contributed by atoms with Gasteiger partial charge in [-0.1, -0.05) is 58.8 Å². The number of ketones is 1. The van der Waals surface area contributed by atoms with Gasteiger partial charge in [0.2, 0.25) is 0 Å². The standard InChI is InChI=1S/C19H15N7O/c20-25-23-17-5-1-13(2-6-17)9-15-11-22-12-16(19(15)27)10-14-3-7-18(8-4-14)24-26-21/h1-10,22H,11-12H2. The highest BCUT2D eigenvalue weighted by atomic mass is 16.1. The van der Waals surface area contributed by atoms with Crippen LogP contribution in [0.2, 0.25) is 0 Å². The molecule has 3 rings (SSSR count). The molecule has 1 fully saturated rings. The molecule has 132 valence electrons. The van der Waals surface area contributed by atoms with Crippen LogP contribution in [-0.4, -0.2) is 18.9 Å². The molecule has 0 radical (unpaired) electrons. The van der Waals surface area contributed by atoms with Crippen LogP contribution in [0.1, 0.15) is 11.1 Å². The number of rotatable bonds is 4. The maximum absolute atomic E-state index is 12.8. The second-order valence-corrected chi connectivity index (χ2v) is 5.83. The average Bonchev–Trinajstić information content (AvgIpc) is 2.68. The first-order valence-corrected chi connectivity index (χ1v) is 8.16. The molecule has 2 aromatic carbocycles. The molecule has 1 N–H and O–H groups in total. The third-order valence-electron chi connectivity index (χ3n) is 4.00. The van der Waals surface area contributed by atoms with E-state index in [-0.39, 0.29) is 5.78 Å². The lowest BCUT2D eigenvalue weighted by molar-refractivity contribution is -0.112. The van der Waals surface area contributed by atoms with Crippen LogP contribution in [0.4, 0.5) is 11.4 Å². The SMILES string of the molecule is [N-]=[N+]=Nc1ccc(C=C2CNCC(=Cc3ccc(N=[N+]=[N-])cc3)C2=O)cc1. The summed E-state index contributed by atoms with van der Waals surface area (Å²) in [6, 6.07) is 14.0. The molecule has 0 aromatic heterocycles. The fourth-order valence-corrected chi connectivity index (χ4v) is 2.71. The lowest BCUT2D eigenvalue weighted by atomic mass is 9.95. The first-order chi connectivity index (χ1) is 13.2. The predicted molar refractivity (Wildman–Crippen MR) is 104 cm³/mol. The molecule has 1 heterocycles. The fraction of sp³-hybridized carbons (Fsp3) is 0.105. The van der Waals surface area contributed by atoms with Crippen LogP contribution in [0.5, 0.6) is 0 Å². The predicted octanol–water partition coefficient (Wildman–Crippen LogP) is 5.21. The van der Waals surface area contributed by atoms with Crippen molar-refractivity contribution in [3.05, 3.63) is 91.7 Å². The number of Topliss-reactive ketones (excluding diaryl/α,β-unsaturated/α-hetero) is 1. The minimum Gasteiger partial charge on any atom is -0.308 e. The molecule has 0 atom stereocenters. The van der Waals surface area contributed by atoms with E-state index < -0.39 is 0 Å². The Morgan fingerprint density at radius 2 is 1.19 bits per heavy atom. The smallest absolute Gasteiger partial charge is 0.187 e. The lowest BCUT2D eigenvalue weighted by Crippen LogP contribution is -2.32. The zero-order valence-electron chi connectivity index (χ0n) is 14.3. The van der Waals surface area contributed by atoms with Crippen LogP contribution < -0.4 is 5.32 Å². The summed E-state index contributed by atoms with van der Waals surface area (Å²) in [5, 5.41) is 10.3. The summed E-state index contributed by atoms with van der Waals surface area (Å²) in [6.45, 7) is 0.980. The molecule has 1 aliphatic rings. The van der Waals surface area contributed by atoms with Crippen molar-refractivity contribution in [1.29, 1.82) is 0 Å². The van der Waals surface area contributed by atoms with Crippen LogP contribution >= 0.6 is 0 Å². The number of piperidine rings is 1. The fourth-order valence-electron chi connectivity index (χ4n) is 2.71. The van der Waals surface area contributed by atoms with Crippen LogP contribution in [-0.2, 0) is 4.79 Å². The zero-order chi connectivity index (χ0) is 19.1. The Labute approximate surface area is 155 Å². The van der Waals surface area contributed by atoms with Gasteiger partial charge in [0.1, 0.15) is 0 Å². The van der Waals surface area contributed by atoms with Gasteiger partial charge < -0.3 is 5.32 Å². The van der Waals surface area contributed by atoms with E-state index in [1.165, 1.54) is 0 Å². The second-order valence-electron chi connectivity index (χ2n) is 5.83. The van der Waals surface area contributed by atoms with Crippen molar-refractivity contribution in [1.82, 2.24) is 5.32 Å². The third kappa shape index (κ3) is 4.62. The Kier molecular flexibility index (Phi) is 5.67. The van der Waals surface area contributed by atoms with Crippen LogP contribution in [0, 0.1) is 0 Å². The van der Waals surface area contributed by atoms with Crippen LogP contribution in [0.25, 0.3) is 33.0 Å². The molecule has 0 amide bonds. The number of azide groups is 2. The van der Waals surface area contributed by atoms with Gasteiger partial charge in [-0.2, -0.15) is 0 Å². The summed E-state index contributed by atoms with van der Waals surface area (Å²) >= 11 is 0. The molecule has 0 saturated carbocycles. The van der Waals surface area contributed by atoms with E-state index in [0.717, 1.165) is 11.1 Å². The molecule has 0 spiro atoms. The molecule has 1 saturated heterocycles. The Bertz CT molecular complexity index is 926. The summed E-state index contributed by atoms with van der Waals surface area (Å²) in [5.74, 6) is -0.00741. The minimum atomic E-state index is -0.00741. The Hall–Kier alpha value is -3.83. The molecule has 8 nitrogen and oxygen atoms in total. The van der Waals surface area contributed by atoms with Crippen molar-refractivity contribution in [2.24, 2.45) is 10.2 Å². The summed E-state index contributed by atoms with van der Waals surface area (Å²) < 4.78 is 0. The summed E-state index contributed by atoms with van der Waals surface area (Å²) in [4.78, 5) is 18.3. The van der Waals surface area contributed by atoms with Crippen molar-refractivity contribution in [2.45, 2.75) is 0 Å². The molecular formula is C19H15N7O. The van der Waals surface area contributed by atoms with Gasteiger partial charge >= 0.3 is 0 Å². The summed E-state index contributed by atoms with van der Waals surface area (Å²) in [6.07, 6.45) is 3.65. The maximum atomic E-state index is 12.8. The highest BCUT2D eigenvalue weighted by Crippen LogP contribution is 2.21. The van der Waals surface area contributed by atoms with Crippen molar-refractivity contribution >= 4 is 29.3 Å². The summed E-state index contributed by atoms with van der Waals surface area (Å²) in [7, 11) is 0. The molecule has 0 unspecified atom stereocenters. The number of carbonyl (C=O) groups is 1. The van der Waals surface area contributed by atoms with Gasteiger partial charge in [-0.05, 0) is 34.3 Å². The van der Waals surface area contributed by atoms with Gasteiger partial charge in [-0.25, -0.2) is 0 Å². The number of nitrogens with zero attached hydrogens (tertiary/aromatic N) is 6. The largest absolute Gasteiger partial charge is 0.308 e. The van der Waals surface area contributed by atoms with Gasteiger partial charge in [0.25, 0.3) is 0 Å². The molecule has 8 heteroatoms. The number of carbonyl (C=O) groups excluding carboxylic acids is 1. The van der Waals surface area contributed by atoms with Crippen molar-refractivity contribution in [3.63, 3.8) is 0 Å². The molecular weight excluding hydrogens is 342 g/mol. The second kappa shape index (κ2) is 8.51. The van der Waals surface area contributed by atoms with Crippen LogP contribution in [0.15, 0.2) is 69.9 Å². The number of benzene rings is 2. The highest BCUT2D eigenvalue weighted by Gasteiger charge is 2.20. The van der Waals surface area contributed by atoms with Crippen molar-refractivity contribution in [3.8, 4) is 0 Å². The average molecular weight is 357 g/mol. The third-order valence-corrected chi connectivity index (χ3v) is 4.00. The van der Waals surface area contributed by atoms with Crippen molar-refractivity contribution in [2.75, 3.05) is 13.1 Å². The highest BCUT2D eigenvalue weighted by molar-refractivity contribution is 6.14. The van der Waals surface area contributed by atoms with E-state index in [9.17, 15) is 4.79 Å². The Morgan fingerprint density at radius 1 is 0.778 bits per heavy atom. The van der Waals surface area contributed by atoms with Gasteiger partial charge in [0, 0.05) is 45.4 Å². The summed E-state index contributed by atoms with van der Waals surface area (Å²) in [5.41, 5.74) is 21.0. The molecule has 1 aliphatic heterocycles. The van der Waals surface area contributed by atoms with E-state index in [4.69, 9.17) is 11.1 Å². The van der Waals surface area contributed by atoms with Crippen LogP contribution in [0.3, 0.4) is 0 Å². The molecule has 27 heavy (non-hydrogen) atoms. The molecule has 0 bridgehead atoms. The van der Waals surface area contributed by atoms with Gasteiger partial charge in [0.15, 0.2) is 5.78 Å². The normalized spacial score (nSPS) is 16.7. The number of nitrogens with one attached hydrogen (secondary N) is 1. The van der Waals surface area contributed by atoms with E-state index in [2.05, 4.69) is 25.4 Å². The van der Waals surface area contributed by atoms with Crippen molar-refractivity contribution < 1.29 is 4.79 Å². The van der Waals surface area contributed by atoms with Gasteiger partial charge in [-0.3, -0.25) is 4.79 Å². The topological polar surface area (TPSA) is 127 Å². The monoisotopic (exact) mass is 357 g/mol.